The van der Waals surface area contributed by atoms with Gasteiger partial charge in [0, 0.05) is 18.2 Å². The monoisotopic (exact) mass is 608 g/mol. The summed E-state index contributed by atoms with van der Waals surface area (Å²) in [7, 11) is 2.93. The summed E-state index contributed by atoms with van der Waals surface area (Å²) in [5.74, 6) is 0.193. The molecule has 0 spiro atoms. The number of hydrogen-bond donors (Lipinski definition) is 0. The molecule has 1 aromatic carbocycles. The Balaban J connectivity index is 1.24. The van der Waals surface area contributed by atoms with Gasteiger partial charge in [0.25, 0.3) is 0 Å². The molecule has 0 radical (unpaired) electrons. The van der Waals surface area contributed by atoms with E-state index in [0.717, 1.165) is 24.7 Å². The van der Waals surface area contributed by atoms with E-state index in [0.29, 0.717) is 29.8 Å². The summed E-state index contributed by atoms with van der Waals surface area (Å²) in [6.45, 7) is -0.148. The van der Waals surface area contributed by atoms with Crippen molar-refractivity contribution >= 4 is 11.2 Å². The molecule has 0 N–H and O–H groups in total. The summed E-state index contributed by atoms with van der Waals surface area (Å²) in [6.07, 6.45) is 2.48. The molecule has 44 heavy (non-hydrogen) atoms. The molecule has 0 aliphatic heterocycles. The number of benzene rings is 1. The van der Waals surface area contributed by atoms with Gasteiger partial charge >= 0.3 is 6.18 Å². The van der Waals surface area contributed by atoms with Crippen LogP contribution in [0.15, 0.2) is 36.9 Å². The minimum atomic E-state index is -4.64. The summed E-state index contributed by atoms with van der Waals surface area (Å²) in [6, 6.07) is 4.02. The van der Waals surface area contributed by atoms with Crippen molar-refractivity contribution in [3.63, 3.8) is 0 Å². The summed E-state index contributed by atoms with van der Waals surface area (Å²) in [5.41, 5.74) is 0.994. The summed E-state index contributed by atoms with van der Waals surface area (Å²) in [5, 5.41) is 0. The van der Waals surface area contributed by atoms with Gasteiger partial charge in [-0.05, 0) is 43.4 Å². The maximum Gasteiger partial charge on any atom is 0.434 e. The second-order valence-corrected chi connectivity index (χ2v) is 10.5. The zero-order valence-corrected chi connectivity index (χ0v) is 23.5. The molecule has 2 aliphatic rings. The van der Waals surface area contributed by atoms with Gasteiger partial charge in [-0.2, -0.15) is 18.2 Å². The molecule has 0 atom stereocenters. The molecule has 5 aromatic rings. The summed E-state index contributed by atoms with van der Waals surface area (Å²) >= 11 is 0. The van der Waals surface area contributed by atoms with Crippen LogP contribution in [0.25, 0.3) is 33.9 Å². The van der Waals surface area contributed by atoms with Crippen LogP contribution in [-0.2, 0) is 12.8 Å². The average molecular weight is 609 g/mol. The number of halogens is 4. The van der Waals surface area contributed by atoms with Gasteiger partial charge in [0.15, 0.2) is 22.7 Å². The van der Waals surface area contributed by atoms with Gasteiger partial charge in [-0.15, -0.1) is 0 Å². The number of nitrogens with zero attached hydrogens (tertiary/aromatic N) is 8. The molecule has 0 bridgehead atoms. The number of imidazole rings is 1. The van der Waals surface area contributed by atoms with Gasteiger partial charge < -0.3 is 18.8 Å². The Labute approximate surface area is 247 Å². The van der Waals surface area contributed by atoms with Crippen molar-refractivity contribution in [2.24, 2.45) is 0 Å². The van der Waals surface area contributed by atoms with Crippen LogP contribution in [0.1, 0.15) is 54.6 Å². The Morgan fingerprint density at radius 2 is 1.75 bits per heavy atom. The average Bonchev–Trinajstić information content (AvgIpc) is 3.97. The molecule has 11 nitrogen and oxygen atoms in total. The fourth-order valence-corrected chi connectivity index (χ4v) is 4.93. The molecule has 15 heteroatoms. The number of alkyl halides is 3. The Bertz CT molecular complexity index is 1890. The number of rotatable bonds is 9. The molecule has 4 heterocycles. The molecule has 226 valence electrons. The lowest BCUT2D eigenvalue weighted by Gasteiger charge is -2.14. The standard InChI is InChI=1S/C29H24F4N8O3/c1-42-20-10-34-25-23(38-20)28(40-24(39-25)21-22(15-4-5-15)35-13-36-27(21)43-2)44-12-14-3-8-17(18(30)9-14)26-37-19(29(31,32)33)11-41(26)16-6-7-16/h3,8-11,13,15-16H,4-7,12H2,1-2H3. The molecular formula is C29H24F4N8O3. The quantitative estimate of drug-likeness (QED) is 0.192. The summed E-state index contributed by atoms with van der Waals surface area (Å²) < 4.78 is 73.7. The van der Waals surface area contributed by atoms with Crippen LogP contribution >= 0.6 is 0 Å². The Hall–Kier alpha value is -4.95. The predicted molar refractivity (Wildman–Crippen MR) is 146 cm³/mol. The molecule has 4 aromatic heterocycles. The number of aromatic nitrogens is 8. The highest BCUT2D eigenvalue weighted by molar-refractivity contribution is 5.79. The highest BCUT2D eigenvalue weighted by atomic mass is 19.4. The number of methoxy groups -OCH3 is 2. The maximum absolute atomic E-state index is 15.4. The van der Waals surface area contributed by atoms with Crippen molar-refractivity contribution < 1.29 is 31.8 Å². The lowest BCUT2D eigenvalue weighted by molar-refractivity contribution is -0.140. The van der Waals surface area contributed by atoms with Crippen LogP contribution in [0.2, 0.25) is 0 Å². The number of fused-ring (bicyclic) bond motifs is 1. The Morgan fingerprint density at radius 3 is 2.43 bits per heavy atom. The lowest BCUT2D eigenvalue weighted by Crippen LogP contribution is -2.07. The second kappa shape index (κ2) is 10.6. The van der Waals surface area contributed by atoms with Gasteiger partial charge in [-0.3, -0.25) is 0 Å². The third-order valence-electron chi connectivity index (χ3n) is 7.40. The first kappa shape index (κ1) is 27.9. The van der Waals surface area contributed by atoms with Gasteiger partial charge in [0.05, 0.1) is 31.7 Å². The third kappa shape index (κ3) is 5.22. The molecular weight excluding hydrogens is 584 g/mol. The highest BCUT2D eigenvalue weighted by Crippen LogP contribution is 2.45. The molecule has 2 saturated carbocycles. The van der Waals surface area contributed by atoms with Gasteiger partial charge in [-0.1, -0.05) is 6.07 Å². The van der Waals surface area contributed by atoms with E-state index in [4.69, 9.17) is 14.2 Å². The van der Waals surface area contributed by atoms with Crippen LogP contribution < -0.4 is 14.2 Å². The van der Waals surface area contributed by atoms with Crippen molar-refractivity contribution in [3.8, 4) is 40.4 Å². The highest BCUT2D eigenvalue weighted by Gasteiger charge is 2.38. The largest absolute Gasteiger partial charge is 0.480 e. The first-order valence-corrected chi connectivity index (χ1v) is 13.8. The van der Waals surface area contributed by atoms with Crippen molar-refractivity contribution in [1.29, 1.82) is 0 Å². The normalized spacial score (nSPS) is 15.0. The molecule has 2 aliphatic carbocycles. The lowest BCUT2D eigenvalue weighted by atomic mass is 10.1. The smallest absolute Gasteiger partial charge is 0.434 e. The van der Waals surface area contributed by atoms with Gasteiger partial charge in [0.1, 0.15) is 30.1 Å². The van der Waals surface area contributed by atoms with E-state index in [-0.39, 0.29) is 58.7 Å². The van der Waals surface area contributed by atoms with E-state index >= 15 is 4.39 Å². The number of hydrogen-bond acceptors (Lipinski definition) is 10. The van der Waals surface area contributed by atoms with Crippen molar-refractivity contribution in [1.82, 2.24) is 39.5 Å². The fourth-order valence-electron chi connectivity index (χ4n) is 4.93. The SMILES string of the molecule is COc1cnc2nc(-c3c(OC)ncnc3C3CC3)nc(OCc3ccc(-c4nc(C(F)(F)F)cn4C4CC4)c(F)c3)c2n1. The topological polar surface area (TPSA) is 123 Å². The molecule has 2 fully saturated rings. The van der Waals surface area contributed by atoms with Crippen LogP contribution in [0.3, 0.4) is 0 Å². The maximum atomic E-state index is 15.4. The predicted octanol–water partition coefficient (Wildman–Crippen LogP) is 5.71. The first-order valence-electron chi connectivity index (χ1n) is 13.8. The fraction of sp³-hybridized carbons (Fsp3) is 0.345. The third-order valence-corrected chi connectivity index (χ3v) is 7.40. The van der Waals surface area contributed by atoms with E-state index in [1.165, 1.54) is 43.4 Å². The molecule has 0 amide bonds. The van der Waals surface area contributed by atoms with Gasteiger partial charge in [-0.25, -0.2) is 34.3 Å². The molecule has 7 rings (SSSR count). The Kier molecular flexibility index (Phi) is 6.74. The van der Waals surface area contributed by atoms with E-state index in [1.54, 1.807) is 6.07 Å². The first-order chi connectivity index (χ1) is 21.2. The van der Waals surface area contributed by atoms with Crippen LogP contribution in [-0.4, -0.2) is 53.7 Å². The van der Waals surface area contributed by atoms with Crippen LogP contribution in [0, 0.1) is 5.82 Å². The van der Waals surface area contributed by atoms with E-state index in [9.17, 15) is 13.2 Å². The van der Waals surface area contributed by atoms with Crippen molar-refractivity contribution in [2.45, 2.75) is 50.4 Å². The molecule has 0 saturated heterocycles. The molecule has 0 unspecified atom stereocenters. The minimum Gasteiger partial charge on any atom is -0.480 e. The Morgan fingerprint density at radius 1 is 0.932 bits per heavy atom. The summed E-state index contributed by atoms with van der Waals surface area (Å²) in [4.78, 5) is 30.4. The minimum absolute atomic E-state index is 0.0368. The van der Waals surface area contributed by atoms with E-state index in [1.807, 2.05) is 0 Å². The zero-order chi connectivity index (χ0) is 30.6. The van der Waals surface area contributed by atoms with Crippen LogP contribution in [0.5, 0.6) is 17.6 Å². The zero-order valence-electron chi connectivity index (χ0n) is 23.5. The van der Waals surface area contributed by atoms with E-state index < -0.39 is 17.7 Å². The van der Waals surface area contributed by atoms with Crippen molar-refractivity contribution in [2.75, 3.05) is 14.2 Å². The van der Waals surface area contributed by atoms with Crippen molar-refractivity contribution in [3.05, 3.63) is 59.7 Å². The number of ether oxygens (including phenoxy) is 3. The van der Waals surface area contributed by atoms with Gasteiger partial charge in [0.2, 0.25) is 17.6 Å². The van der Waals surface area contributed by atoms with E-state index in [2.05, 4.69) is 34.9 Å². The second-order valence-electron chi connectivity index (χ2n) is 10.5. The van der Waals surface area contributed by atoms with Crippen LogP contribution in [0.4, 0.5) is 17.6 Å².